The van der Waals surface area contributed by atoms with E-state index < -0.39 is 0 Å². The number of nitrogens with zero attached hydrogens (tertiary/aromatic N) is 1. The Morgan fingerprint density at radius 3 is 2.57 bits per heavy atom. The molecular weight excluding hydrogens is 263 g/mol. The van der Waals surface area contributed by atoms with Crippen molar-refractivity contribution in [3.8, 4) is 6.07 Å². The second-order valence-electron chi connectivity index (χ2n) is 5.60. The van der Waals surface area contributed by atoms with Crippen molar-refractivity contribution in [2.45, 2.75) is 31.2 Å². The van der Waals surface area contributed by atoms with Crippen molar-refractivity contribution >= 4 is 5.69 Å². The van der Waals surface area contributed by atoms with E-state index in [0.717, 1.165) is 29.7 Å². The molecule has 21 heavy (non-hydrogen) atoms. The molecule has 106 valence electrons. The van der Waals surface area contributed by atoms with E-state index in [-0.39, 0.29) is 5.82 Å². The summed E-state index contributed by atoms with van der Waals surface area (Å²) in [4.78, 5) is 0. The van der Waals surface area contributed by atoms with E-state index in [1.54, 1.807) is 12.1 Å². The van der Waals surface area contributed by atoms with Crippen LogP contribution in [0, 0.1) is 17.1 Å². The van der Waals surface area contributed by atoms with Crippen LogP contribution in [-0.4, -0.2) is 6.04 Å². The van der Waals surface area contributed by atoms with E-state index in [4.69, 9.17) is 5.26 Å². The van der Waals surface area contributed by atoms with Gasteiger partial charge in [0.2, 0.25) is 0 Å². The summed E-state index contributed by atoms with van der Waals surface area (Å²) in [5.41, 5.74) is 3.21. The number of hydrogen-bond acceptors (Lipinski definition) is 2. The zero-order chi connectivity index (χ0) is 14.7. The van der Waals surface area contributed by atoms with Crippen LogP contribution in [0.5, 0.6) is 0 Å². The van der Waals surface area contributed by atoms with Gasteiger partial charge in [-0.3, -0.25) is 0 Å². The topological polar surface area (TPSA) is 35.8 Å². The molecule has 2 aromatic rings. The summed E-state index contributed by atoms with van der Waals surface area (Å²) in [6, 6.07) is 17.5. The third-order valence-electron chi connectivity index (χ3n) is 4.07. The van der Waals surface area contributed by atoms with Crippen molar-refractivity contribution in [3.63, 3.8) is 0 Å². The van der Waals surface area contributed by atoms with E-state index in [1.807, 2.05) is 30.3 Å². The minimum atomic E-state index is -0.156. The molecule has 3 heteroatoms. The van der Waals surface area contributed by atoms with Crippen molar-refractivity contribution in [2.24, 2.45) is 0 Å². The molecule has 0 amide bonds. The Balaban J connectivity index is 1.54. The Labute approximate surface area is 124 Å². The maximum absolute atomic E-state index is 13.2. The third kappa shape index (κ3) is 3.22. The summed E-state index contributed by atoms with van der Waals surface area (Å²) in [7, 11) is 0. The molecular formula is C18H17FN2. The Kier molecular flexibility index (Phi) is 3.87. The molecule has 0 bridgehead atoms. The largest absolute Gasteiger partial charge is 0.382 e. The van der Waals surface area contributed by atoms with Gasteiger partial charge in [-0.25, -0.2) is 4.39 Å². The highest BCUT2D eigenvalue weighted by Crippen LogP contribution is 2.38. The van der Waals surface area contributed by atoms with Crippen LogP contribution >= 0.6 is 0 Å². The first kappa shape index (κ1) is 13.6. The molecule has 0 aromatic heterocycles. The summed E-state index contributed by atoms with van der Waals surface area (Å²) < 4.78 is 13.2. The number of nitrogens with one attached hydrogen (secondary N) is 1. The van der Waals surface area contributed by atoms with Gasteiger partial charge >= 0.3 is 0 Å². The second-order valence-corrected chi connectivity index (χ2v) is 5.60. The highest BCUT2D eigenvalue weighted by atomic mass is 19.1. The first-order chi connectivity index (χ1) is 10.2. The fourth-order valence-electron chi connectivity index (χ4n) is 2.81. The normalized spacial score (nSPS) is 20.4. The van der Waals surface area contributed by atoms with Gasteiger partial charge in [-0.2, -0.15) is 5.26 Å². The molecule has 0 unspecified atom stereocenters. The van der Waals surface area contributed by atoms with E-state index in [2.05, 4.69) is 11.4 Å². The molecule has 3 rings (SSSR count). The fourth-order valence-corrected chi connectivity index (χ4v) is 2.81. The number of hydrogen-bond donors (Lipinski definition) is 1. The summed E-state index contributed by atoms with van der Waals surface area (Å²) in [5.74, 6) is 0.299. The molecule has 1 aliphatic rings. The van der Waals surface area contributed by atoms with Gasteiger partial charge in [-0.05, 0) is 54.2 Å². The molecule has 1 fully saturated rings. The number of anilines is 1. The molecule has 0 atom stereocenters. The average Bonchev–Trinajstić information content (AvgIpc) is 2.44. The average molecular weight is 280 g/mol. The first-order valence-electron chi connectivity index (χ1n) is 7.22. The smallest absolute Gasteiger partial charge is 0.123 e. The molecule has 0 radical (unpaired) electrons. The summed E-state index contributed by atoms with van der Waals surface area (Å²) in [5, 5.41) is 12.1. The van der Waals surface area contributed by atoms with Crippen LogP contribution in [0.25, 0.3) is 0 Å². The van der Waals surface area contributed by atoms with Gasteiger partial charge in [0, 0.05) is 11.7 Å². The lowest BCUT2D eigenvalue weighted by molar-refractivity contribution is 0.373. The number of halogens is 1. The Bertz CT molecular complexity index is 652. The van der Waals surface area contributed by atoms with Crippen molar-refractivity contribution in [1.82, 2.24) is 0 Å². The zero-order valence-electron chi connectivity index (χ0n) is 11.7. The van der Waals surface area contributed by atoms with Crippen molar-refractivity contribution in [1.29, 1.82) is 5.26 Å². The van der Waals surface area contributed by atoms with Crippen molar-refractivity contribution in [3.05, 3.63) is 65.5 Å². The Hall–Kier alpha value is -2.34. The Morgan fingerprint density at radius 1 is 1.14 bits per heavy atom. The lowest BCUT2D eigenvalue weighted by Gasteiger charge is -2.37. The van der Waals surface area contributed by atoms with Crippen LogP contribution in [0.2, 0.25) is 0 Å². The predicted octanol–water partition coefficient (Wildman–Crippen LogP) is 4.25. The minimum absolute atomic E-state index is 0.156. The monoisotopic (exact) mass is 280 g/mol. The molecule has 0 aliphatic heterocycles. The van der Waals surface area contributed by atoms with E-state index in [1.165, 1.54) is 6.07 Å². The third-order valence-corrected chi connectivity index (χ3v) is 4.07. The van der Waals surface area contributed by atoms with Crippen LogP contribution in [0.15, 0.2) is 48.5 Å². The van der Waals surface area contributed by atoms with Gasteiger partial charge in [0.1, 0.15) is 5.82 Å². The highest BCUT2D eigenvalue weighted by Gasteiger charge is 2.30. The van der Waals surface area contributed by atoms with Gasteiger partial charge in [-0.1, -0.05) is 24.3 Å². The van der Waals surface area contributed by atoms with Gasteiger partial charge in [0.05, 0.1) is 12.5 Å². The van der Waals surface area contributed by atoms with Gasteiger partial charge in [0.15, 0.2) is 0 Å². The Morgan fingerprint density at radius 2 is 1.90 bits per heavy atom. The number of rotatable bonds is 4. The quantitative estimate of drug-likeness (QED) is 0.908. The number of benzene rings is 2. The van der Waals surface area contributed by atoms with Gasteiger partial charge in [-0.15, -0.1) is 0 Å². The molecule has 0 saturated heterocycles. The minimum Gasteiger partial charge on any atom is -0.382 e. The number of nitriles is 1. The maximum atomic E-state index is 13.2. The molecule has 0 spiro atoms. The SMILES string of the molecule is N#CCc1ccc(NC2CC(c3cccc(F)c3)C2)cc1. The maximum Gasteiger partial charge on any atom is 0.123 e. The summed E-state index contributed by atoms with van der Waals surface area (Å²) in [6.45, 7) is 0. The van der Waals surface area contributed by atoms with Crippen molar-refractivity contribution in [2.75, 3.05) is 5.32 Å². The molecule has 2 aromatic carbocycles. The van der Waals surface area contributed by atoms with E-state index in [9.17, 15) is 4.39 Å². The predicted molar refractivity (Wildman–Crippen MR) is 81.5 cm³/mol. The summed E-state index contributed by atoms with van der Waals surface area (Å²) in [6.07, 6.45) is 2.51. The molecule has 1 saturated carbocycles. The van der Waals surface area contributed by atoms with Crippen LogP contribution in [0.4, 0.5) is 10.1 Å². The summed E-state index contributed by atoms with van der Waals surface area (Å²) >= 11 is 0. The molecule has 0 heterocycles. The first-order valence-corrected chi connectivity index (χ1v) is 7.22. The van der Waals surface area contributed by atoms with Crippen LogP contribution < -0.4 is 5.32 Å². The van der Waals surface area contributed by atoms with Crippen LogP contribution in [-0.2, 0) is 6.42 Å². The zero-order valence-corrected chi connectivity index (χ0v) is 11.7. The van der Waals surface area contributed by atoms with Gasteiger partial charge < -0.3 is 5.32 Å². The standard InChI is InChI=1S/C18H17FN2/c19-16-3-1-2-14(10-16)15-11-18(12-15)21-17-6-4-13(5-7-17)8-9-20/h1-7,10,15,18,21H,8,11-12H2. The lowest BCUT2D eigenvalue weighted by Crippen LogP contribution is -2.34. The molecule has 2 nitrogen and oxygen atoms in total. The molecule has 1 N–H and O–H groups in total. The van der Waals surface area contributed by atoms with Crippen LogP contribution in [0.3, 0.4) is 0 Å². The lowest BCUT2D eigenvalue weighted by atomic mass is 9.76. The fraction of sp³-hybridized carbons (Fsp3) is 0.278. The van der Waals surface area contributed by atoms with E-state index >= 15 is 0 Å². The van der Waals surface area contributed by atoms with E-state index in [0.29, 0.717) is 18.4 Å². The van der Waals surface area contributed by atoms with Gasteiger partial charge in [0.25, 0.3) is 0 Å². The molecule has 1 aliphatic carbocycles. The van der Waals surface area contributed by atoms with Crippen molar-refractivity contribution < 1.29 is 4.39 Å². The van der Waals surface area contributed by atoms with Crippen LogP contribution in [0.1, 0.15) is 29.9 Å². The second kappa shape index (κ2) is 5.97. The highest BCUT2D eigenvalue weighted by molar-refractivity contribution is 5.46.